The third-order valence-corrected chi connectivity index (χ3v) is 3.52. The van der Waals surface area contributed by atoms with Gasteiger partial charge >= 0.3 is 0 Å². The van der Waals surface area contributed by atoms with Crippen LogP contribution in [0.4, 0.5) is 0 Å². The Morgan fingerprint density at radius 3 is 2.70 bits per heavy atom. The molecule has 7 heteroatoms. The van der Waals surface area contributed by atoms with Crippen LogP contribution in [0.2, 0.25) is 0 Å². The zero-order valence-corrected chi connectivity index (χ0v) is 13.1. The van der Waals surface area contributed by atoms with E-state index in [1.54, 1.807) is 19.0 Å². The van der Waals surface area contributed by atoms with Crippen LogP contribution in [-0.2, 0) is 24.8 Å². The molecule has 2 rings (SSSR count). The quantitative estimate of drug-likeness (QED) is 0.783. The number of rotatable bonds is 5. The van der Waals surface area contributed by atoms with Gasteiger partial charge < -0.3 is 9.47 Å². The number of amides is 1. The smallest absolute Gasteiger partial charge is 0.223 e. The number of imidazole rings is 1. The van der Waals surface area contributed by atoms with Crippen LogP contribution >= 0.6 is 11.6 Å². The first kappa shape index (κ1) is 14.8. The Balaban J connectivity index is 2.37. The Hall–Kier alpha value is -1.56. The number of fused-ring (bicyclic) bond motifs is 1. The van der Waals surface area contributed by atoms with Gasteiger partial charge in [-0.15, -0.1) is 11.6 Å². The Bertz CT molecular complexity index is 628. The number of hydrogen-bond donors (Lipinski definition) is 0. The lowest BCUT2D eigenvalue weighted by Gasteiger charge is -2.12. The summed E-state index contributed by atoms with van der Waals surface area (Å²) in [5.41, 5.74) is 2.75. The van der Waals surface area contributed by atoms with E-state index in [0.717, 1.165) is 22.7 Å². The first-order chi connectivity index (χ1) is 9.45. The minimum Gasteiger partial charge on any atom is -0.349 e. The van der Waals surface area contributed by atoms with Gasteiger partial charge in [0.2, 0.25) is 5.91 Å². The molecule has 2 aromatic rings. The van der Waals surface area contributed by atoms with E-state index >= 15 is 0 Å². The van der Waals surface area contributed by atoms with Crippen molar-refractivity contribution in [1.82, 2.24) is 24.2 Å². The fraction of sp³-hybridized carbons (Fsp3) is 0.615. The van der Waals surface area contributed by atoms with Crippen molar-refractivity contribution in [1.29, 1.82) is 0 Å². The van der Waals surface area contributed by atoms with E-state index in [0.29, 0.717) is 25.3 Å². The van der Waals surface area contributed by atoms with Gasteiger partial charge in [-0.3, -0.25) is 9.48 Å². The average molecular weight is 298 g/mol. The van der Waals surface area contributed by atoms with Crippen molar-refractivity contribution in [3.05, 3.63) is 11.5 Å². The number of halogens is 1. The molecule has 0 aliphatic heterocycles. The molecule has 0 unspecified atom stereocenters. The van der Waals surface area contributed by atoms with Gasteiger partial charge in [-0.05, 0) is 6.92 Å². The van der Waals surface area contributed by atoms with Crippen molar-refractivity contribution >= 4 is 28.7 Å². The first-order valence-corrected chi connectivity index (χ1v) is 7.14. The molecule has 0 atom stereocenters. The third kappa shape index (κ3) is 2.65. The summed E-state index contributed by atoms with van der Waals surface area (Å²) in [7, 11) is 5.42. The highest BCUT2D eigenvalue weighted by Crippen LogP contribution is 2.20. The summed E-state index contributed by atoms with van der Waals surface area (Å²) in [6.07, 6.45) is 1.13. The highest BCUT2D eigenvalue weighted by Gasteiger charge is 2.17. The van der Waals surface area contributed by atoms with Gasteiger partial charge in [-0.1, -0.05) is 0 Å². The number of carbonyl (C=O) groups is 1. The molecule has 0 saturated heterocycles. The van der Waals surface area contributed by atoms with E-state index in [4.69, 9.17) is 11.6 Å². The molecule has 0 bridgehead atoms. The number of aromatic nitrogens is 4. The van der Waals surface area contributed by atoms with E-state index in [1.165, 1.54) is 0 Å². The molecule has 0 fully saturated rings. The van der Waals surface area contributed by atoms with Gasteiger partial charge in [0.05, 0.1) is 5.69 Å². The maximum absolute atomic E-state index is 11.8. The lowest BCUT2D eigenvalue weighted by Crippen LogP contribution is -2.23. The Morgan fingerprint density at radius 1 is 1.40 bits per heavy atom. The molecule has 0 aromatic carbocycles. The second kappa shape index (κ2) is 5.83. The molecule has 0 N–H and O–H groups in total. The van der Waals surface area contributed by atoms with E-state index in [1.807, 2.05) is 18.7 Å². The van der Waals surface area contributed by atoms with E-state index in [9.17, 15) is 4.79 Å². The maximum Gasteiger partial charge on any atom is 0.223 e. The van der Waals surface area contributed by atoms with Gasteiger partial charge in [0.1, 0.15) is 11.3 Å². The molecule has 0 saturated carbocycles. The fourth-order valence-electron chi connectivity index (χ4n) is 2.32. The number of aryl methyl sites for hydroxylation is 4. The second-order valence-electron chi connectivity index (χ2n) is 5.04. The number of carbonyl (C=O) groups excluding carboxylic acids is 1. The minimum absolute atomic E-state index is 0.0996. The van der Waals surface area contributed by atoms with Crippen LogP contribution in [0.3, 0.4) is 0 Å². The summed E-state index contributed by atoms with van der Waals surface area (Å²) >= 11 is 5.84. The number of hydrogen-bond acceptors (Lipinski definition) is 3. The second-order valence-corrected chi connectivity index (χ2v) is 5.42. The van der Waals surface area contributed by atoms with E-state index < -0.39 is 0 Å². The van der Waals surface area contributed by atoms with Crippen LogP contribution in [0, 0.1) is 6.92 Å². The molecule has 1 amide bonds. The summed E-state index contributed by atoms with van der Waals surface area (Å²) in [6, 6.07) is 0. The van der Waals surface area contributed by atoms with Crippen molar-refractivity contribution in [2.24, 2.45) is 7.05 Å². The van der Waals surface area contributed by atoms with Crippen molar-refractivity contribution in [2.75, 3.05) is 20.0 Å². The molecule has 0 radical (unpaired) electrons. The van der Waals surface area contributed by atoms with Crippen LogP contribution in [-0.4, -0.2) is 50.1 Å². The zero-order chi connectivity index (χ0) is 14.9. The predicted molar refractivity (Wildman–Crippen MR) is 79.0 cm³/mol. The van der Waals surface area contributed by atoms with Crippen LogP contribution in [0.25, 0.3) is 11.2 Å². The molecule has 6 nitrogen and oxygen atoms in total. The molecule has 0 aliphatic rings. The van der Waals surface area contributed by atoms with Gasteiger partial charge in [-0.25, -0.2) is 4.98 Å². The van der Waals surface area contributed by atoms with Crippen LogP contribution < -0.4 is 0 Å². The zero-order valence-electron chi connectivity index (χ0n) is 12.4. The maximum atomic E-state index is 11.8. The van der Waals surface area contributed by atoms with Gasteiger partial charge in [0.25, 0.3) is 0 Å². The normalized spacial score (nSPS) is 11.2. The monoisotopic (exact) mass is 297 g/mol. The molecule has 0 spiro atoms. The lowest BCUT2D eigenvalue weighted by molar-refractivity contribution is -0.128. The molecular weight excluding hydrogens is 278 g/mol. The average Bonchev–Trinajstić information content (AvgIpc) is 2.86. The van der Waals surface area contributed by atoms with Gasteiger partial charge in [0, 0.05) is 46.4 Å². The summed E-state index contributed by atoms with van der Waals surface area (Å²) in [5, 5.41) is 4.38. The Morgan fingerprint density at radius 2 is 2.10 bits per heavy atom. The van der Waals surface area contributed by atoms with Crippen molar-refractivity contribution < 1.29 is 4.79 Å². The minimum atomic E-state index is 0.0996. The molecule has 2 heterocycles. The predicted octanol–water partition coefficient (Wildman–Crippen LogP) is 1.34. The molecule has 110 valence electrons. The fourth-order valence-corrected chi connectivity index (χ4v) is 2.49. The first-order valence-electron chi connectivity index (χ1n) is 6.60. The summed E-state index contributed by atoms with van der Waals surface area (Å²) in [5.74, 6) is 1.53. The standard InChI is InChI=1S/C13H20ClN5O/c1-9-12-13(18(4)16-9)19(10(15-12)5-7-14)8-6-11(20)17(2)3/h5-8H2,1-4H3. The number of alkyl halides is 1. The highest BCUT2D eigenvalue weighted by atomic mass is 35.5. The molecule has 20 heavy (non-hydrogen) atoms. The van der Waals surface area contributed by atoms with Crippen molar-refractivity contribution in [2.45, 2.75) is 26.3 Å². The van der Waals surface area contributed by atoms with Crippen molar-refractivity contribution in [3.63, 3.8) is 0 Å². The van der Waals surface area contributed by atoms with Gasteiger partial charge in [-0.2, -0.15) is 5.10 Å². The summed E-state index contributed by atoms with van der Waals surface area (Å²) in [6.45, 7) is 2.54. The summed E-state index contributed by atoms with van der Waals surface area (Å²) in [4.78, 5) is 18.0. The number of nitrogens with zero attached hydrogens (tertiary/aromatic N) is 5. The molecule has 2 aromatic heterocycles. The SMILES string of the molecule is Cc1nn(C)c2c1nc(CCCl)n2CCC(=O)N(C)C. The van der Waals surface area contributed by atoms with Crippen molar-refractivity contribution in [3.8, 4) is 0 Å². The highest BCUT2D eigenvalue weighted by molar-refractivity contribution is 6.17. The van der Waals surface area contributed by atoms with E-state index in [2.05, 4.69) is 14.6 Å². The van der Waals surface area contributed by atoms with Crippen LogP contribution in [0.5, 0.6) is 0 Å². The van der Waals surface area contributed by atoms with Crippen LogP contribution in [0.15, 0.2) is 0 Å². The van der Waals surface area contributed by atoms with Gasteiger partial charge in [0.15, 0.2) is 5.65 Å². The van der Waals surface area contributed by atoms with Crippen LogP contribution in [0.1, 0.15) is 17.9 Å². The topological polar surface area (TPSA) is 56.0 Å². The molecular formula is C13H20ClN5O. The Labute approximate surface area is 123 Å². The molecule has 0 aliphatic carbocycles. The Kier molecular flexibility index (Phi) is 4.32. The lowest BCUT2D eigenvalue weighted by atomic mass is 10.3. The van der Waals surface area contributed by atoms with E-state index in [-0.39, 0.29) is 5.91 Å². The largest absolute Gasteiger partial charge is 0.349 e. The summed E-state index contributed by atoms with van der Waals surface area (Å²) < 4.78 is 3.87. The third-order valence-electron chi connectivity index (χ3n) is 3.34.